The van der Waals surface area contributed by atoms with Crippen LogP contribution in [0.4, 0.5) is 5.69 Å². The highest BCUT2D eigenvalue weighted by Crippen LogP contribution is 2.12. The van der Waals surface area contributed by atoms with E-state index in [2.05, 4.69) is 67.9 Å². The Balaban J connectivity index is 2.63. The highest BCUT2D eigenvalue weighted by Gasteiger charge is 2.12. The lowest BCUT2D eigenvalue weighted by Gasteiger charge is -2.22. The Labute approximate surface area is 129 Å². The zero-order valence-corrected chi connectivity index (χ0v) is 13.8. The summed E-state index contributed by atoms with van der Waals surface area (Å²) in [6, 6.07) is 10.7. The summed E-state index contributed by atoms with van der Waals surface area (Å²) in [5.41, 5.74) is 1.15. The maximum atomic E-state index is 4.70. The molecular weight excluding hydrogens is 260 g/mol. The lowest BCUT2D eigenvalue weighted by Crippen LogP contribution is -2.39. The zero-order chi connectivity index (χ0) is 15.5. The molecule has 1 unspecified atom stereocenters. The molecule has 0 saturated carbocycles. The van der Waals surface area contributed by atoms with Crippen molar-refractivity contribution in [2.45, 2.75) is 40.2 Å². The molecule has 0 radical (unpaired) electrons. The number of anilines is 1. The number of hydrogen-bond donors (Lipinski definition) is 3. The smallest absolute Gasteiger partial charge is 0.191 e. The Bertz CT molecular complexity index is 401. The molecule has 0 amide bonds. The van der Waals surface area contributed by atoms with Crippen LogP contribution in [-0.4, -0.2) is 31.6 Å². The molecule has 4 nitrogen and oxygen atoms in total. The quantitative estimate of drug-likeness (QED) is 0.509. The number of nitrogens with one attached hydrogen (secondary N) is 3. The molecule has 1 rings (SSSR count). The van der Waals surface area contributed by atoms with Gasteiger partial charge in [-0.25, -0.2) is 0 Å². The van der Waals surface area contributed by atoms with Crippen LogP contribution in [0.3, 0.4) is 0 Å². The summed E-state index contributed by atoms with van der Waals surface area (Å²) in [7, 11) is 0. The fourth-order valence-corrected chi connectivity index (χ4v) is 1.95. The lowest BCUT2D eigenvalue weighted by molar-refractivity contribution is 0.530. The fourth-order valence-electron chi connectivity index (χ4n) is 1.95. The summed E-state index contributed by atoms with van der Waals surface area (Å²) in [6.07, 6.45) is 1.10. The minimum Gasteiger partial charge on any atom is -0.380 e. The molecule has 0 spiro atoms. The second kappa shape index (κ2) is 10.1. The van der Waals surface area contributed by atoms with Gasteiger partial charge in [0.2, 0.25) is 0 Å². The van der Waals surface area contributed by atoms with Crippen LogP contribution < -0.4 is 16.0 Å². The van der Waals surface area contributed by atoms with Crippen LogP contribution in [0.15, 0.2) is 35.3 Å². The predicted octanol–water partition coefficient (Wildman–Crippen LogP) is 3.09. The minimum absolute atomic E-state index is 0.324. The van der Waals surface area contributed by atoms with Crippen molar-refractivity contribution < 1.29 is 0 Å². The van der Waals surface area contributed by atoms with Gasteiger partial charge in [0.1, 0.15) is 0 Å². The van der Waals surface area contributed by atoms with Gasteiger partial charge in [-0.15, -0.1) is 0 Å². The third-order valence-corrected chi connectivity index (χ3v) is 3.26. The molecule has 0 saturated heterocycles. The molecule has 1 aromatic rings. The van der Waals surface area contributed by atoms with Crippen LogP contribution in [0.25, 0.3) is 0 Å². The first-order valence-electron chi connectivity index (χ1n) is 8.01. The number of benzene rings is 1. The van der Waals surface area contributed by atoms with Crippen molar-refractivity contribution in [1.29, 1.82) is 0 Å². The van der Waals surface area contributed by atoms with Gasteiger partial charge in [-0.2, -0.15) is 0 Å². The highest BCUT2D eigenvalue weighted by molar-refractivity contribution is 5.79. The van der Waals surface area contributed by atoms with Gasteiger partial charge in [0.05, 0.1) is 6.54 Å². The van der Waals surface area contributed by atoms with E-state index in [4.69, 9.17) is 4.99 Å². The van der Waals surface area contributed by atoms with Crippen molar-refractivity contribution in [3.8, 4) is 0 Å². The maximum absolute atomic E-state index is 4.70. The van der Waals surface area contributed by atoms with Gasteiger partial charge in [0.25, 0.3) is 0 Å². The molecule has 1 aromatic carbocycles. The molecule has 0 fully saturated rings. The van der Waals surface area contributed by atoms with E-state index in [1.807, 2.05) is 6.07 Å². The summed E-state index contributed by atoms with van der Waals surface area (Å²) in [5, 5.41) is 10.2. The Morgan fingerprint density at radius 2 is 1.81 bits per heavy atom. The van der Waals surface area contributed by atoms with Gasteiger partial charge in [0, 0.05) is 24.8 Å². The number of nitrogens with zero attached hydrogens (tertiary/aromatic N) is 1. The molecule has 3 N–H and O–H groups in total. The van der Waals surface area contributed by atoms with Gasteiger partial charge in [-0.3, -0.25) is 4.99 Å². The van der Waals surface area contributed by atoms with Crippen molar-refractivity contribution in [2.24, 2.45) is 10.9 Å². The van der Waals surface area contributed by atoms with Crippen LogP contribution in [-0.2, 0) is 0 Å². The first-order chi connectivity index (χ1) is 10.2. The van der Waals surface area contributed by atoms with E-state index in [-0.39, 0.29) is 0 Å². The Morgan fingerprint density at radius 1 is 1.10 bits per heavy atom. The lowest BCUT2D eigenvalue weighted by atomic mass is 10.0. The Kier molecular flexibility index (Phi) is 8.32. The molecule has 21 heavy (non-hydrogen) atoms. The second-order valence-electron chi connectivity index (χ2n) is 5.51. The predicted molar refractivity (Wildman–Crippen MR) is 93.0 cm³/mol. The Morgan fingerprint density at radius 3 is 2.38 bits per heavy atom. The summed E-state index contributed by atoms with van der Waals surface area (Å²) >= 11 is 0. The minimum atomic E-state index is 0.324. The first-order valence-corrected chi connectivity index (χ1v) is 8.01. The van der Waals surface area contributed by atoms with E-state index in [0.29, 0.717) is 12.0 Å². The van der Waals surface area contributed by atoms with Crippen LogP contribution in [0.2, 0.25) is 0 Å². The zero-order valence-electron chi connectivity index (χ0n) is 13.8. The maximum Gasteiger partial charge on any atom is 0.191 e. The van der Waals surface area contributed by atoms with Crippen molar-refractivity contribution in [1.82, 2.24) is 10.6 Å². The molecular formula is C17H30N4. The van der Waals surface area contributed by atoms with E-state index in [9.17, 15) is 0 Å². The molecule has 118 valence electrons. The summed E-state index contributed by atoms with van der Waals surface area (Å²) in [5.74, 6) is 1.42. The molecule has 4 heteroatoms. The molecule has 0 aromatic heterocycles. The van der Waals surface area contributed by atoms with E-state index in [0.717, 1.165) is 37.7 Å². The molecule has 1 atom stereocenters. The largest absolute Gasteiger partial charge is 0.380 e. The van der Waals surface area contributed by atoms with Gasteiger partial charge in [-0.1, -0.05) is 39.0 Å². The summed E-state index contributed by atoms with van der Waals surface area (Å²) < 4.78 is 0. The molecule has 0 aliphatic heterocycles. The van der Waals surface area contributed by atoms with Crippen LogP contribution in [0.1, 0.15) is 34.1 Å². The van der Waals surface area contributed by atoms with Crippen molar-refractivity contribution in [3.05, 3.63) is 30.3 Å². The number of rotatable bonds is 8. The topological polar surface area (TPSA) is 48.5 Å². The van der Waals surface area contributed by atoms with Gasteiger partial charge in [0.15, 0.2) is 5.96 Å². The molecule has 0 heterocycles. The molecule has 0 bridgehead atoms. The van der Waals surface area contributed by atoms with Crippen molar-refractivity contribution >= 4 is 11.6 Å². The van der Waals surface area contributed by atoms with Crippen LogP contribution in [0.5, 0.6) is 0 Å². The number of para-hydroxylation sites is 1. The van der Waals surface area contributed by atoms with Crippen molar-refractivity contribution in [2.75, 3.05) is 25.0 Å². The first kappa shape index (κ1) is 17.3. The average Bonchev–Trinajstić information content (AvgIpc) is 2.49. The number of hydrogen-bond acceptors (Lipinski definition) is 2. The monoisotopic (exact) mass is 290 g/mol. The molecule has 0 aliphatic carbocycles. The third kappa shape index (κ3) is 7.02. The standard InChI is InChI=1S/C17H30N4/c1-5-12-19-17(18-6-2)20-13-16(14(3)4)21-15-10-8-7-9-11-15/h7-11,14,16,21H,5-6,12-13H2,1-4H3,(H2,18,19,20). The number of guanidine groups is 1. The van der Waals surface area contributed by atoms with E-state index < -0.39 is 0 Å². The average molecular weight is 290 g/mol. The van der Waals surface area contributed by atoms with Gasteiger partial charge >= 0.3 is 0 Å². The molecule has 0 aliphatic rings. The van der Waals surface area contributed by atoms with Gasteiger partial charge in [-0.05, 0) is 31.4 Å². The Hall–Kier alpha value is -1.71. The van der Waals surface area contributed by atoms with E-state index in [1.54, 1.807) is 0 Å². The SMILES string of the molecule is CCCNC(=NCC(Nc1ccccc1)C(C)C)NCC. The van der Waals surface area contributed by atoms with E-state index >= 15 is 0 Å². The second-order valence-corrected chi connectivity index (χ2v) is 5.51. The fraction of sp³-hybridized carbons (Fsp3) is 0.588. The van der Waals surface area contributed by atoms with Crippen molar-refractivity contribution in [3.63, 3.8) is 0 Å². The summed E-state index contributed by atoms with van der Waals surface area (Å²) in [4.78, 5) is 4.70. The van der Waals surface area contributed by atoms with Crippen LogP contribution >= 0.6 is 0 Å². The summed E-state index contributed by atoms with van der Waals surface area (Å²) in [6.45, 7) is 11.3. The van der Waals surface area contributed by atoms with E-state index in [1.165, 1.54) is 0 Å². The number of aliphatic imine (C=N–C) groups is 1. The van der Waals surface area contributed by atoms with Crippen LogP contribution in [0, 0.1) is 5.92 Å². The van der Waals surface area contributed by atoms with Gasteiger partial charge < -0.3 is 16.0 Å². The highest BCUT2D eigenvalue weighted by atomic mass is 15.2. The normalized spacial score (nSPS) is 13.1. The third-order valence-electron chi connectivity index (χ3n) is 3.26.